The van der Waals surface area contributed by atoms with Crippen LogP contribution in [0.25, 0.3) is 0 Å². The molecule has 3 nitrogen and oxygen atoms in total. The Morgan fingerprint density at radius 2 is 2.35 bits per heavy atom. The first-order chi connectivity index (χ1) is 8.09. The third kappa shape index (κ3) is 2.81. The van der Waals surface area contributed by atoms with Gasteiger partial charge in [0.2, 0.25) is 5.91 Å². The highest BCUT2D eigenvalue weighted by atomic mass is 79.9. The zero-order valence-electron chi connectivity index (χ0n) is 9.47. The van der Waals surface area contributed by atoms with Crippen LogP contribution in [-0.4, -0.2) is 18.5 Å². The Morgan fingerprint density at radius 3 is 3.00 bits per heavy atom. The lowest BCUT2D eigenvalue weighted by molar-refractivity contribution is -0.118. The molecule has 1 aliphatic rings. The number of carbonyl (C=O) groups is 1. The molecule has 2 atom stereocenters. The molecular weight excluding hydrogens is 304 g/mol. The van der Waals surface area contributed by atoms with Gasteiger partial charge >= 0.3 is 0 Å². The summed E-state index contributed by atoms with van der Waals surface area (Å²) in [5, 5.41) is 6.68. The Hall–Kier alpha value is -0.580. The van der Waals surface area contributed by atoms with E-state index < -0.39 is 0 Å². The average molecular weight is 318 g/mol. The monoisotopic (exact) mass is 316 g/mol. The van der Waals surface area contributed by atoms with E-state index in [0.717, 1.165) is 17.4 Å². The van der Waals surface area contributed by atoms with Crippen LogP contribution in [0.5, 0.6) is 0 Å². The highest BCUT2D eigenvalue weighted by Crippen LogP contribution is 2.30. The van der Waals surface area contributed by atoms with Crippen LogP contribution >= 0.6 is 27.5 Å². The van der Waals surface area contributed by atoms with Crippen LogP contribution < -0.4 is 10.6 Å². The van der Waals surface area contributed by atoms with Crippen LogP contribution in [0.15, 0.2) is 22.7 Å². The second-order valence-electron chi connectivity index (χ2n) is 4.29. The molecule has 1 aromatic rings. The lowest BCUT2D eigenvalue weighted by Crippen LogP contribution is -2.39. The summed E-state index contributed by atoms with van der Waals surface area (Å²) in [6, 6.07) is 5.31. The molecule has 1 amide bonds. The van der Waals surface area contributed by atoms with Crippen molar-refractivity contribution in [2.24, 2.45) is 5.92 Å². The molecule has 0 aliphatic carbocycles. The highest BCUT2D eigenvalue weighted by Gasteiger charge is 2.29. The topological polar surface area (TPSA) is 41.1 Å². The SMILES string of the molecule is CC1CCNC1C(=O)Nc1cccc(Cl)c1Br. The maximum atomic E-state index is 12.1. The summed E-state index contributed by atoms with van der Waals surface area (Å²) in [7, 11) is 0. The summed E-state index contributed by atoms with van der Waals surface area (Å²) in [5.41, 5.74) is 0.711. The Bertz CT molecular complexity index is 439. The first kappa shape index (κ1) is 12.9. The minimum absolute atomic E-state index is 0.00188. The molecule has 92 valence electrons. The van der Waals surface area contributed by atoms with Crippen LogP contribution in [0.3, 0.4) is 0 Å². The van der Waals surface area contributed by atoms with Crippen molar-refractivity contribution in [3.63, 3.8) is 0 Å². The van der Waals surface area contributed by atoms with Crippen LogP contribution in [-0.2, 0) is 4.79 Å². The van der Waals surface area contributed by atoms with Crippen molar-refractivity contribution >= 4 is 39.1 Å². The molecule has 2 rings (SSSR count). The Balaban J connectivity index is 2.10. The Morgan fingerprint density at radius 1 is 1.59 bits per heavy atom. The smallest absolute Gasteiger partial charge is 0.241 e. The largest absolute Gasteiger partial charge is 0.324 e. The van der Waals surface area contributed by atoms with Crippen LogP contribution in [0.1, 0.15) is 13.3 Å². The van der Waals surface area contributed by atoms with E-state index in [2.05, 4.69) is 33.5 Å². The van der Waals surface area contributed by atoms with Crippen LogP contribution in [0.4, 0.5) is 5.69 Å². The molecule has 2 unspecified atom stereocenters. The fraction of sp³-hybridized carbons (Fsp3) is 0.417. The molecule has 1 saturated heterocycles. The number of amides is 1. The van der Waals surface area contributed by atoms with Crippen molar-refractivity contribution < 1.29 is 4.79 Å². The van der Waals surface area contributed by atoms with Crippen molar-refractivity contribution in [2.75, 3.05) is 11.9 Å². The maximum absolute atomic E-state index is 12.1. The molecule has 0 bridgehead atoms. The minimum atomic E-state index is -0.110. The minimum Gasteiger partial charge on any atom is -0.324 e. The summed E-state index contributed by atoms with van der Waals surface area (Å²) in [6.07, 6.45) is 1.04. The molecule has 0 saturated carbocycles. The van der Waals surface area contributed by atoms with Gasteiger partial charge in [0.1, 0.15) is 0 Å². The van der Waals surface area contributed by atoms with Gasteiger partial charge in [-0.3, -0.25) is 4.79 Å². The second-order valence-corrected chi connectivity index (χ2v) is 5.49. The van der Waals surface area contributed by atoms with Gasteiger partial charge < -0.3 is 10.6 Å². The van der Waals surface area contributed by atoms with E-state index in [-0.39, 0.29) is 11.9 Å². The van der Waals surface area contributed by atoms with E-state index in [1.807, 2.05) is 12.1 Å². The molecule has 2 N–H and O–H groups in total. The van der Waals surface area contributed by atoms with E-state index in [9.17, 15) is 4.79 Å². The number of anilines is 1. The normalized spacial score (nSPS) is 23.7. The first-order valence-electron chi connectivity index (χ1n) is 5.58. The molecule has 1 heterocycles. The summed E-state index contributed by atoms with van der Waals surface area (Å²) in [6.45, 7) is 2.98. The van der Waals surface area contributed by atoms with E-state index in [1.54, 1.807) is 6.07 Å². The zero-order chi connectivity index (χ0) is 12.4. The van der Waals surface area contributed by atoms with Crippen LogP contribution in [0, 0.1) is 5.92 Å². The number of nitrogens with one attached hydrogen (secondary N) is 2. The van der Waals surface area contributed by atoms with Crippen molar-refractivity contribution in [3.8, 4) is 0 Å². The zero-order valence-corrected chi connectivity index (χ0v) is 11.8. The number of hydrogen-bond acceptors (Lipinski definition) is 2. The van der Waals surface area contributed by atoms with Gasteiger partial charge in [-0.1, -0.05) is 24.6 Å². The second kappa shape index (κ2) is 5.38. The summed E-state index contributed by atoms with van der Waals surface area (Å²) in [5.74, 6) is 0.367. The van der Waals surface area contributed by atoms with Gasteiger partial charge in [-0.2, -0.15) is 0 Å². The molecule has 0 spiro atoms. The predicted molar refractivity (Wildman–Crippen MR) is 73.4 cm³/mol. The molecular formula is C12H14BrClN2O. The molecule has 0 radical (unpaired) electrons. The quantitative estimate of drug-likeness (QED) is 0.880. The van der Waals surface area contributed by atoms with Crippen molar-refractivity contribution in [3.05, 3.63) is 27.7 Å². The number of halogens is 2. The molecule has 1 aromatic carbocycles. The number of rotatable bonds is 2. The maximum Gasteiger partial charge on any atom is 0.241 e. The lowest BCUT2D eigenvalue weighted by atomic mass is 10.0. The van der Waals surface area contributed by atoms with E-state index in [1.165, 1.54) is 0 Å². The summed E-state index contributed by atoms with van der Waals surface area (Å²) in [4.78, 5) is 12.1. The molecule has 1 aliphatic heterocycles. The average Bonchev–Trinajstić information content (AvgIpc) is 2.71. The summed E-state index contributed by atoms with van der Waals surface area (Å²) < 4.78 is 0.723. The van der Waals surface area contributed by atoms with E-state index in [4.69, 9.17) is 11.6 Å². The van der Waals surface area contributed by atoms with Gasteiger partial charge in [0.15, 0.2) is 0 Å². The molecule has 0 aromatic heterocycles. The number of hydrogen-bond donors (Lipinski definition) is 2. The van der Waals surface area contributed by atoms with Crippen molar-refractivity contribution in [2.45, 2.75) is 19.4 Å². The van der Waals surface area contributed by atoms with Crippen LogP contribution in [0.2, 0.25) is 5.02 Å². The highest BCUT2D eigenvalue weighted by molar-refractivity contribution is 9.10. The van der Waals surface area contributed by atoms with Gasteiger partial charge in [-0.05, 0) is 46.9 Å². The molecule has 1 fully saturated rings. The summed E-state index contributed by atoms with van der Waals surface area (Å²) >= 11 is 9.34. The molecule has 5 heteroatoms. The third-order valence-electron chi connectivity index (χ3n) is 3.02. The number of benzene rings is 1. The van der Waals surface area contributed by atoms with Gasteiger partial charge in [-0.15, -0.1) is 0 Å². The molecule has 17 heavy (non-hydrogen) atoms. The van der Waals surface area contributed by atoms with Gasteiger partial charge in [0, 0.05) is 0 Å². The lowest BCUT2D eigenvalue weighted by Gasteiger charge is -2.16. The Kier molecular flexibility index (Phi) is 4.07. The van der Waals surface area contributed by atoms with Gasteiger partial charge in [0.05, 0.1) is 21.2 Å². The number of carbonyl (C=O) groups excluding carboxylic acids is 1. The van der Waals surface area contributed by atoms with Gasteiger partial charge in [-0.25, -0.2) is 0 Å². The standard InChI is InChI=1S/C12H14BrClN2O/c1-7-5-6-15-11(7)12(17)16-9-4-2-3-8(14)10(9)13/h2-4,7,11,15H,5-6H2,1H3,(H,16,17). The third-order valence-corrected chi connectivity index (χ3v) is 4.42. The first-order valence-corrected chi connectivity index (χ1v) is 6.75. The van der Waals surface area contributed by atoms with Gasteiger partial charge in [0.25, 0.3) is 0 Å². The van der Waals surface area contributed by atoms with E-state index in [0.29, 0.717) is 16.6 Å². The van der Waals surface area contributed by atoms with Crippen molar-refractivity contribution in [1.29, 1.82) is 0 Å². The fourth-order valence-electron chi connectivity index (χ4n) is 2.00. The van der Waals surface area contributed by atoms with E-state index >= 15 is 0 Å². The fourth-order valence-corrected chi connectivity index (χ4v) is 2.53. The van der Waals surface area contributed by atoms with Crippen molar-refractivity contribution in [1.82, 2.24) is 5.32 Å². The predicted octanol–water partition coefficient (Wildman–Crippen LogP) is 3.04. The Labute approximate surface area is 114 Å².